The van der Waals surface area contributed by atoms with E-state index >= 15 is 0 Å². The van der Waals surface area contributed by atoms with E-state index in [0.29, 0.717) is 13.8 Å². The van der Waals surface area contributed by atoms with Gasteiger partial charge in [-0.15, -0.1) is 0 Å². The van der Waals surface area contributed by atoms with Gasteiger partial charge in [0, 0.05) is 16.7 Å². The maximum Gasteiger partial charge on any atom is 0.458 e. The van der Waals surface area contributed by atoms with Gasteiger partial charge < -0.3 is 0 Å². The summed E-state index contributed by atoms with van der Waals surface area (Å²) < 4.78 is 196. The summed E-state index contributed by atoms with van der Waals surface area (Å²) in [7, 11) is 0. The van der Waals surface area contributed by atoms with Crippen molar-refractivity contribution in [1.29, 1.82) is 0 Å². The van der Waals surface area contributed by atoms with Crippen molar-refractivity contribution in [3.63, 3.8) is 0 Å². The van der Waals surface area contributed by atoms with E-state index in [1.807, 2.05) is 0 Å². The Bertz CT molecular complexity index is 730. The Kier molecular flexibility index (Phi) is 6.21. The molecule has 0 atom stereocenters. The van der Waals surface area contributed by atoms with Crippen LogP contribution in [0.25, 0.3) is 0 Å². The topological polar surface area (TPSA) is 0 Å². The first-order valence-corrected chi connectivity index (χ1v) is 7.24. The van der Waals surface area contributed by atoms with Gasteiger partial charge in [0.25, 0.3) is 0 Å². The van der Waals surface area contributed by atoms with Gasteiger partial charge in [0.2, 0.25) is 0 Å². The average Bonchev–Trinajstić information content (AvgIpc) is 2.49. The maximum atomic E-state index is 13.8. The third-order valence-electron chi connectivity index (χ3n) is 3.75. The molecule has 0 saturated carbocycles. The molecule has 0 aliphatic heterocycles. The van der Waals surface area contributed by atoms with Crippen LogP contribution in [-0.4, -0.2) is 18.5 Å². The lowest BCUT2D eigenvalue weighted by Crippen LogP contribution is -2.40. The Labute approximate surface area is 157 Å². The molecule has 1 aromatic carbocycles. The van der Waals surface area contributed by atoms with Crippen LogP contribution in [0.4, 0.5) is 65.9 Å². The summed E-state index contributed by atoms with van der Waals surface area (Å²) in [5.41, 5.74) is -10.9. The normalized spacial score (nSPS) is 15.1. The zero-order valence-corrected chi connectivity index (χ0v) is 14.3. The molecule has 0 unspecified atom stereocenters. The van der Waals surface area contributed by atoms with Crippen molar-refractivity contribution in [2.45, 2.75) is 50.1 Å². The van der Waals surface area contributed by atoms with Crippen molar-refractivity contribution < 1.29 is 65.9 Å². The van der Waals surface area contributed by atoms with Crippen LogP contribution in [0.15, 0.2) is 12.1 Å². The number of hydrogen-bond donors (Lipinski definition) is 0. The maximum absolute atomic E-state index is 13.8. The molecule has 0 aliphatic carbocycles. The molecule has 0 N–H and O–H groups in total. The molecule has 1 rings (SSSR count). The molecule has 173 valence electrons. The van der Waals surface area contributed by atoms with E-state index in [0.717, 1.165) is 0 Å². The lowest BCUT2D eigenvalue weighted by atomic mass is 9.83. The van der Waals surface area contributed by atoms with Gasteiger partial charge in [-0.2, -0.15) is 65.9 Å². The number of rotatable bonds is 4. The Balaban J connectivity index is 4.26. The molecule has 0 amide bonds. The molecular formula is C15H8F15. The summed E-state index contributed by atoms with van der Waals surface area (Å²) in [6, 6.07) is -2.17. The zero-order chi connectivity index (χ0) is 24.3. The fraction of sp³-hybridized carbons (Fsp3) is 0.533. The second-order valence-electron chi connectivity index (χ2n) is 6.16. The minimum atomic E-state index is -6.73. The molecule has 0 heterocycles. The van der Waals surface area contributed by atoms with Gasteiger partial charge in [0.15, 0.2) is 0 Å². The highest BCUT2D eigenvalue weighted by molar-refractivity contribution is 5.52. The summed E-state index contributed by atoms with van der Waals surface area (Å²) >= 11 is 0. The van der Waals surface area contributed by atoms with Crippen LogP contribution in [0, 0.1) is 5.92 Å². The minimum absolute atomic E-state index is 0.489. The van der Waals surface area contributed by atoms with Crippen LogP contribution in [-0.2, 0) is 17.8 Å². The van der Waals surface area contributed by atoms with E-state index in [9.17, 15) is 65.9 Å². The first-order chi connectivity index (χ1) is 12.9. The van der Waals surface area contributed by atoms with Crippen molar-refractivity contribution in [3.05, 3.63) is 40.3 Å². The highest BCUT2D eigenvalue weighted by Crippen LogP contribution is 2.54. The number of benzene rings is 1. The average molecular weight is 473 g/mol. The van der Waals surface area contributed by atoms with Crippen molar-refractivity contribution in [3.8, 4) is 0 Å². The van der Waals surface area contributed by atoms with E-state index in [1.165, 1.54) is 0 Å². The quantitative estimate of drug-likeness (QED) is 0.395. The predicted molar refractivity (Wildman–Crippen MR) is 70.0 cm³/mol. The molecule has 0 fully saturated rings. The largest absolute Gasteiger partial charge is 0.458 e. The fourth-order valence-electron chi connectivity index (χ4n) is 2.33. The van der Waals surface area contributed by atoms with Crippen molar-refractivity contribution in [2.75, 3.05) is 0 Å². The minimum Gasteiger partial charge on any atom is -0.191 e. The molecule has 0 nitrogen and oxygen atoms in total. The van der Waals surface area contributed by atoms with Crippen LogP contribution >= 0.6 is 0 Å². The first kappa shape index (κ1) is 26.2. The van der Waals surface area contributed by atoms with Gasteiger partial charge in [-0.25, -0.2) is 0 Å². The Morgan fingerprint density at radius 3 is 0.967 bits per heavy atom. The Morgan fingerprint density at radius 1 is 0.500 bits per heavy atom. The van der Waals surface area contributed by atoms with Gasteiger partial charge in [0.05, 0.1) is 0 Å². The lowest BCUT2D eigenvalue weighted by molar-refractivity contribution is -0.295. The Morgan fingerprint density at radius 2 is 0.767 bits per heavy atom. The van der Waals surface area contributed by atoms with E-state index < -0.39 is 76.6 Å². The monoisotopic (exact) mass is 473 g/mol. The summed E-state index contributed by atoms with van der Waals surface area (Å²) in [6.07, 6.45) is -20.2. The second kappa shape index (κ2) is 7.11. The van der Waals surface area contributed by atoms with Crippen LogP contribution in [0.1, 0.15) is 36.1 Å². The lowest BCUT2D eigenvalue weighted by Gasteiger charge is -2.31. The smallest absolute Gasteiger partial charge is 0.191 e. The van der Waals surface area contributed by atoms with E-state index in [2.05, 4.69) is 0 Å². The van der Waals surface area contributed by atoms with Gasteiger partial charge in [-0.05, 0) is 23.6 Å². The summed E-state index contributed by atoms with van der Waals surface area (Å²) in [4.78, 5) is 0. The number of halogens is 15. The van der Waals surface area contributed by atoms with E-state index in [-0.39, 0.29) is 0 Å². The molecule has 0 aromatic heterocycles. The highest BCUT2D eigenvalue weighted by atomic mass is 19.4. The summed E-state index contributed by atoms with van der Waals surface area (Å²) in [5, 5.41) is 0. The third kappa shape index (κ3) is 4.15. The van der Waals surface area contributed by atoms with Crippen molar-refractivity contribution >= 4 is 0 Å². The van der Waals surface area contributed by atoms with Crippen molar-refractivity contribution in [1.82, 2.24) is 0 Å². The Hall–Kier alpha value is -1.83. The van der Waals surface area contributed by atoms with Crippen LogP contribution in [0.3, 0.4) is 0 Å². The van der Waals surface area contributed by atoms with Gasteiger partial charge in [0.1, 0.15) is 0 Å². The molecule has 30 heavy (non-hydrogen) atoms. The van der Waals surface area contributed by atoms with Crippen LogP contribution < -0.4 is 0 Å². The molecule has 1 radical (unpaired) electrons. The van der Waals surface area contributed by atoms with Crippen LogP contribution in [0.5, 0.6) is 0 Å². The van der Waals surface area contributed by atoms with Gasteiger partial charge in [-0.1, -0.05) is 13.8 Å². The highest BCUT2D eigenvalue weighted by Gasteiger charge is 2.66. The van der Waals surface area contributed by atoms with Crippen LogP contribution in [0.2, 0.25) is 0 Å². The summed E-state index contributed by atoms with van der Waals surface area (Å²) in [5.74, 6) is -20.1. The SMILES string of the molecule is C[C](C)c1c(C(F)(F)C(F)(F)F)cc(C(F)(F)C(F)(F)F)cc1C(F)(F)C(F)(F)F. The molecule has 0 saturated heterocycles. The van der Waals surface area contributed by atoms with E-state index in [4.69, 9.17) is 0 Å². The third-order valence-corrected chi connectivity index (χ3v) is 3.75. The molecular weight excluding hydrogens is 465 g/mol. The first-order valence-electron chi connectivity index (χ1n) is 7.24. The van der Waals surface area contributed by atoms with E-state index in [1.54, 1.807) is 0 Å². The number of alkyl halides is 15. The zero-order valence-electron chi connectivity index (χ0n) is 14.3. The molecule has 0 aliphatic rings. The van der Waals surface area contributed by atoms with Gasteiger partial charge in [-0.3, -0.25) is 0 Å². The predicted octanol–water partition coefficient (Wildman–Crippen LogP) is 7.61. The van der Waals surface area contributed by atoms with Crippen molar-refractivity contribution in [2.24, 2.45) is 0 Å². The molecule has 15 heteroatoms. The molecule has 0 spiro atoms. The number of hydrogen-bond acceptors (Lipinski definition) is 0. The standard InChI is InChI=1S/C15H8F15/c1-5(2)9-7(11(18,19)14(25,26)27)3-6(10(16,17)13(22,23)24)4-8(9)12(20,21)15(28,29)30/h3-4H,1-2H3. The summed E-state index contributed by atoms with van der Waals surface area (Å²) in [6.45, 7) is 0.978. The fourth-order valence-corrected chi connectivity index (χ4v) is 2.33. The second-order valence-corrected chi connectivity index (χ2v) is 6.16. The molecule has 0 bridgehead atoms. The van der Waals surface area contributed by atoms with Gasteiger partial charge >= 0.3 is 36.3 Å². The molecule has 1 aromatic rings.